The molecule has 186 valence electrons. The fourth-order valence-electron chi connectivity index (χ4n) is 4.70. The number of nitrogens with two attached hydrogens (primary N) is 1. The van der Waals surface area contributed by atoms with Crippen LogP contribution >= 0.6 is 11.6 Å². The lowest BCUT2D eigenvalue weighted by Gasteiger charge is -2.38. The van der Waals surface area contributed by atoms with E-state index in [2.05, 4.69) is 20.3 Å². The number of halogens is 5. The van der Waals surface area contributed by atoms with Crippen molar-refractivity contribution >= 4 is 34.0 Å². The summed E-state index contributed by atoms with van der Waals surface area (Å²) in [7, 11) is 1.32. The Labute approximate surface area is 202 Å². The number of nitrogens with zero attached hydrogens (tertiary/aromatic N) is 4. The van der Waals surface area contributed by atoms with E-state index in [1.165, 1.54) is 14.0 Å². The van der Waals surface area contributed by atoms with Crippen LogP contribution < -0.4 is 25.4 Å². The van der Waals surface area contributed by atoms with Crippen molar-refractivity contribution in [2.24, 2.45) is 0 Å². The molecule has 2 aromatic heterocycles. The Bertz CT molecular complexity index is 1350. The average Bonchev–Trinajstić information content (AvgIpc) is 2.93. The molecule has 8 nitrogen and oxygen atoms in total. The van der Waals surface area contributed by atoms with Crippen molar-refractivity contribution in [3.8, 4) is 23.1 Å². The summed E-state index contributed by atoms with van der Waals surface area (Å²) in [6.07, 6.45) is -5.31. The zero-order chi connectivity index (χ0) is 25.2. The van der Waals surface area contributed by atoms with E-state index in [0.29, 0.717) is 25.5 Å². The van der Waals surface area contributed by atoms with Crippen LogP contribution in [-0.4, -0.2) is 53.8 Å². The number of anilines is 2. The standard InChI is InChI=1S/C22H21ClF4N6O2/c1-8-14(22(25,26)27)10(6-11(28)15(8)23)17-16(24)18-13-19(32-21(31-18)34-3)33-5-4-29-7-12(33)9(2)35-20(13)30-17/h6,9,12,29H,4-5,7,28H2,1-3H3/t9-,12-/m0/s1. The molecule has 1 fully saturated rings. The summed E-state index contributed by atoms with van der Waals surface area (Å²) in [5.41, 5.74) is 2.82. The van der Waals surface area contributed by atoms with Crippen LogP contribution in [0.15, 0.2) is 6.07 Å². The fraction of sp³-hybridized carbons (Fsp3) is 0.409. The number of hydrogen-bond acceptors (Lipinski definition) is 8. The molecule has 1 saturated heterocycles. The van der Waals surface area contributed by atoms with E-state index in [1.807, 2.05) is 11.8 Å². The van der Waals surface area contributed by atoms with Gasteiger partial charge in [-0.3, -0.25) is 0 Å². The van der Waals surface area contributed by atoms with Gasteiger partial charge in [0.2, 0.25) is 5.88 Å². The summed E-state index contributed by atoms with van der Waals surface area (Å²) in [6.45, 7) is 4.73. The molecule has 2 aliphatic heterocycles. The van der Waals surface area contributed by atoms with Crippen LogP contribution in [0.1, 0.15) is 18.1 Å². The number of pyridine rings is 1. The van der Waals surface area contributed by atoms with Gasteiger partial charge in [0.25, 0.3) is 0 Å². The van der Waals surface area contributed by atoms with Crippen molar-refractivity contribution in [2.75, 3.05) is 37.4 Å². The van der Waals surface area contributed by atoms with Gasteiger partial charge in [-0.2, -0.15) is 23.1 Å². The van der Waals surface area contributed by atoms with Crippen LogP contribution in [0.3, 0.4) is 0 Å². The lowest BCUT2D eigenvalue weighted by atomic mass is 9.96. The van der Waals surface area contributed by atoms with E-state index in [9.17, 15) is 13.2 Å². The fourth-order valence-corrected chi connectivity index (χ4v) is 4.85. The second-order valence-electron chi connectivity index (χ2n) is 8.45. The molecule has 3 aromatic rings. The monoisotopic (exact) mass is 512 g/mol. The molecular formula is C22H21ClF4N6O2. The molecule has 0 amide bonds. The van der Waals surface area contributed by atoms with Crippen molar-refractivity contribution < 1.29 is 27.0 Å². The minimum atomic E-state index is -4.86. The first-order valence-electron chi connectivity index (χ1n) is 10.8. The number of ether oxygens (including phenoxy) is 2. The third kappa shape index (κ3) is 3.66. The van der Waals surface area contributed by atoms with Crippen molar-refractivity contribution in [2.45, 2.75) is 32.2 Å². The zero-order valence-electron chi connectivity index (χ0n) is 18.9. The third-order valence-corrected chi connectivity index (χ3v) is 6.86. The van der Waals surface area contributed by atoms with Crippen LogP contribution in [-0.2, 0) is 6.18 Å². The first kappa shape index (κ1) is 23.6. The predicted molar refractivity (Wildman–Crippen MR) is 123 cm³/mol. The molecule has 2 aliphatic rings. The van der Waals surface area contributed by atoms with Gasteiger partial charge >= 0.3 is 12.2 Å². The second kappa shape index (κ2) is 8.23. The van der Waals surface area contributed by atoms with Crippen LogP contribution in [0.4, 0.5) is 29.1 Å². The van der Waals surface area contributed by atoms with Gasteiger partial charge < -0.3 is 25.4 Å². The predicted octanol–water partition coefficient (Wildman–Crippen LogP) is 3.96. The van der Waals surface area contributed by atoms with Gasteiger partial charge in [-0.05, 0) is 25.5 Å². The molecule has 0 aliphatic carbocycles. The number of methoxy groups -OCH3 is 1. The number of rotatable bonds is 2. The maximum Gasteiger partial charge on any atom is 0.417 e. The van der Waals surface area contributed by atoms with E-state index in [0.717, 1.165) is 6.07 Å². The third-order valence-electron chi connectivity index (χ3n) is 6.36. The largest absolute Gasteiger partial charge is 0.472 e. The number of benzene rings is 1. The highest BCUT2D eigenvalue weighted by molar-refractivity contribution is 6.34. The molecule has 0 radical (unpaired) electrons. The lowest BCUT2D eigenvalue weighted by molar-refractivity contribution is -0.137. The molecule has 0 unspecified atom stereocenters. The van der Waals surface area contributed by atoms with Gasteiger partial charge in [-0.1, -0.05) is 11.6 Å². The molecule has 3 N–H and O–H groups in total. The normalized spacial score (nSPS) is 19.8. The Morgan fingerprint density at radius 1 is 1.29 bits per heavy atom. The van der Waals surface area contributed by atoms with Crippen LogP contribution in [0.5, 0.6) is 11.9 Å². The topological polar surface area (TPSA) is 98.4 Å². The number of hydrogen-bond donors (Lipinski definition) is 2. The highest BCUT2D eigenvalue weighted by Gasteiger charge is 2.40. The van der Waals surface area contributed by atoms with Crippen molar-refractivity contribution in [1.29, 1.82) is 0 Å². The van der Waals surface area contributed by atoms with Gasteiger partial charge in [0, 0.05) is 25.2 Å². The molecule has 1 aromatic carbocycles. The summed E-state index contributed by atoms with van der Waals surface area (Å²) in [5, 5.41) is 3.18. The first-order chi connectivity index (χ1) is 16.5. The quantitative estimate of drug-likeness (QED) is 0.393. The Morgan fingerprint density at radius 3 is 2.71 bits per heavy atom. The van der Waals surface area contributed by atoms with Gasteiger partial charge in [-0.25, -0.2) is 9.37 Å². The Kier molecular flexibility index (Phi) is 5.55. The number of nitrogen functional groups attached to an aromatic ring is 1. The zero-order valence-corrected chi connectivity index (χ0v) is 19.7. The summed E-state index contributed by atoms with van der Waals surface area (Å²) in [5.74, 6) is -0.809. The summed E-state index contributed by atoms with van der Waals surface area (Å²) >= 11 is 6.01. The maximum atomic E-state index is 16.0. The molecule has 2 atom stereocenters. The maximum absolute atomic E-state index is 16.0. The molecule has 0 saturated carbocycles. The average molecular weight is 513 g/mol. The Morgan fingerprint density at radius 2 is 2.03 bits per heavy atom. The van der Waals surface area contributed by atoms with Gasteiger partial charge in [0.15, 0.2) is 5.82 Å². The van der Waals surface area contributed by atoms with Crippen LogP contribution in [0, 0.1) is 12.7 Å². The van der Waals surface area contributed by atoms with E-state index < -0.39 is 34.9 Å². The SMILES string of the molecule is COc1nc2c3c(nc(-c4cc(N)c(Cl)c(C)c4C(F)(F)F)c(F)c3n1)O[C@@H](C)[C@@H]1CNCCN21. The van der Waals surface area contributed by atoms with E-state index in [4.69, 9.17) is 26.8 Å². The molecule has 4 heterocycles. The van der Waals surface area contributed by atoms with Gasteiger partial charge in [-0.15, -0.1) is 0 Å². The van der Waals surface area contributed by atoms with Crippen molar-refractivity contribution in [3.63, 3.8) is 0 Å². The number of piperazine rings is 1. The molecule has 5 rings (SSSR count). The highest BCUT2D eigenvalue weighted by atomic mass is 35.5. The van der Waals surface area contributed by atoms with Crippen molar-refractivity contribution in [3.05, 3.63) is 28.0 Å². The summed E-state index contributed by atoms with van der Waals surface area (Å²) in [4.78, 5) is 14.8. The lowest BCUT2D eigenvalue weighted by Crippen LogP contribution is -2.56. The Hall–Kier alpha value is -3.12. The first-order valence-corrected chi connectivity index (χ1v) is 11.2. The summed E-state index contributed by atoms with van der Waals surface area (Å²) < 4.78 is 69.7. The van der Waals surface area contributed by atoms with E-state index >= 15 is 4.39 Å². The molecule has 0 bridgehead atoms. The number of alkyl halides is 3. The van der Waals surface area contributed by atoms with E-state index in [-0.39, 0.29) is 45.1 Å². The Balaban J connectivity index is 1.87. The smallest absolute Gasteiger partial charge is 0.417 e. The number of fused-ring (bicyclic) bond motifs is 2. The number of aromatic nitrogens is 3. The minimum Gasteiger partial charge on any atom is -0.472 e. The minimum absolute atomic E-state index is 0.0738. The second-order valence-corrected chi connectivity index (χ2v) is 8.83. The van der Waals surface area contributed by atoms with E-state index in [1.54, 1.807) is 0 Å². The number of nitrogens with one attached hydrogen (secondary N) is 1. The van der Waals surface area contributed by atoms with Gasteiger partial charge in [0.1, 0.15) is 28.5 Å². The highest BCUT2D eigenvalue weighted by Crippen LogP contribution is 2.47. The summed E-state index contributed by atoms with van der Waals surface area (Å²) in [6, 6.07) is 0.644. The molecule has 13 heteroatoms. The van der Waals surface area contributed by atoms with Crippen LogP contribution in [0.25, 0.3) is 22.2 Å². The van der Waals surface area contributed by atoms with Gasteiger partial charge in [0.05, 0.1) is 29.4 Å². The molecule has 0 spiro atoms. The van der Waals surface area contributed by atoms with Crippen LogP contribution in [0.2, 0.25) is 5.02 Å². The molecular weight excluding hydrogens is 492 g/mol. The van der Waals surface area contributed by atoms with Crippen molar-refractivity contribution in [1.82, 2.24) is 20.3 Å². The molecule has 35 heavy (non-hydrogen) atoms.